The first kappa shape index (κ1) is 14.2. The molecule has 0 saturated carbocycles. The Balaban J connectivity index is 2.75. The van der Waals surface area contributed by atoms with Crippen LogP contribution in [0.5, 0.6) is 0 Å². The van der Waals surface area contributed by atoms with Crippen LogP contribution in [-0.2, 0) is 0 Å². The van der Waals surface area contributed by atoms with Crippen molar-refractivity contribution in [3.05, 3.63) is 35.4 Å². The molecular weight excluding hydrogens is 230 g/mol. The molecule has 1 rings (SSSR count). The third kappa shape index (κ3) is 3.85. The molecule has 0 spiro atoms. The molecule has 0 aliphatic heterocycles. The fourth-order valence-electron chi connectivity index (χ4n) is 1.46. The molecule has 0 unspecified atom stereocenters. The van der Waals surface area contributed by atoms with Crippen molar-refractivity contribution in [3.63, 3.8) is 0 Å². The lowest BCUT2D eigenvalue weighted by Gasteiger charge is -2.11. The zero-order valence-corrected chi connectivity index (χ0v) is 10.8. The highest BCUT2D eigenvalue weighted by Gasteiger charge is 2.11. The minimum Gasteiger partial charge on any atom is -0.352 e. The molecule has 1 aromatic rings. The summed E-state index contributed by atoms with van der Waals surface area (Å²) in [6.07, 6.45) is 0.738. The van der Waals surface area contributed by atoms with E-state index in [2.05, 4.69) is 5.32 Å². The van der Waals surface area contributed by atoms with Crippen molar-refractivity contribution in [2.75, 3.05) is 27.2 Å². The van der Waals surface area contributed by atoms with Crippen molar-refractivity contribution < 1.29 is 9.59 Å². The Kier molecular flexibility index (Phi) is 5.32. The van der Waals surface area contributed by atoms with E-state index in [1.165, 1.54) is 4.90 Å². The normalized spacial score (nSPS) is 9.94. The molecule has 0 radical (unpaired) electrons. The molecule has 5 heteroatoms. The first-order valence-corrected chi connectivity index (χ1v) is 5.86. The predicted octanol–water partition coefficient (Wildman–Crippen LogP) is 0.467. The van der Waals surface area contributed by atoms with Crippen molar-refractivity contribution in [2.45, 2.75) is 6.42 Å². The molecule has 0 bridgehead atoms. The zero-order valence-electron chi connectivity index (χ0n) is 10.8. The largest absolute Gasteiger partial charge is 0.352 e. The Hall–Kier alpha value is -1.88. The van der Waals surface area contributed by atoms with Crippen LogP contribution in [0.1, 0.15) is 27.1 Å². The number of carbonyl (C=O) groups excluding carboxylic acids is 2. The maximum atomic E-state index is 11.8. The summed E-state index contributed by atoms with van der Waals surface area (Å²) in [6.45, 7) is 1.08. The van der Waals surface area contributed by atoms with E-state index in [-0.39, 0.29) is 11.8 Å². The Morgan fingerprint density at radius 2 is 1.94 bits per heavy atom. The summed E-state index contributed by atoms with van der Waals surface area (Å²) in [5.74, 6) is -0.302. The molecule has 0 aliphatic rings. The molecule has 0 atom stereocenters. The van der Waals surface area contributed by atoms with Gasteiger partial charge < -0.3 is 16.0 Å². The van der Waals surface area contributed by atoms with Gasteiger partial charge in [0.2, 0.25) is 0 Å². The Bertz CT molecular complexity index is 430. The van der Waals surface area contributed by atoms with E-state index in [1.807, 2.05) is 0 Å². The minimum atomic E-state index is -0.183. The molecule has 0 aliphatic carbocycles. The van der Waals surface area contributed by atoms with Gasteiger partial charge >= 0.3 is 0 Å². The summed E-state index contributed by atoms with van der Waals surface area (Å²) >= 11 is 0. The number of hydrogen-bond donors (Lipinski definition) is 2. The van der Waals surface area contributed by atoms with Gasteiger partial charge in [0.15, 0.2) is 0 Å². The summed E-state index contributed by atoms with van der Waals surface area (Å²) in [5.41, 5.74) is 6.34. The van der Waals surface area contributed by atoms with Crippen LogP contribution in [0.15, 0.2) is 24.3 Å². The fraction of sp³-hybridized carbons (Fsp3) is 0.385. The predicted molar refractivity (Wildman–Crippen MR) is 70.5 cm³/mol. The van der Waals surface area contributed by atoms with Gasteiger partial charge in [-0.3, -0.25) is 9.59 Å². The Morgan fingerprint density at radius 3 is 2.56 bits per heavy atom. The molecule has 0 aromatic heterocycles. The van der Waals surface area contributed by atoms with Gasteiger partial charge in [0, 0.05) is 31.8 Å². The van der Waals surface area contributed by atoms with Gasteiger partial charge in [-0.2, -0.15) is 0 Å². The SMILES string of the molecule is CN(C)C(=O)c1cccc(C(=O)NCCCN)c1. The highest BCUT2D eigenvalue weighted by atomic mass is 16.2. The van der Waals surface area contributed by atoms with E-state index in [1.54, 1.807) is 38.4 Å². The second-order valence-corrected chi connectivity index (χ2v) is 4.18. The standard InChI is InChI=1S/C13H19N3O2/c1-16(2)13(18)11-6-3-5-10(9-11)12(17)15-8-4-7-14/h3,5-6,9H,4,7-8,14H2,1-2H3,(H,15,17). The molecule has 18 heavy (non-hydrogen) atoms. The number of hydrogen-bond acceptors (Lipinski definition) is 3. The second kappa shape index (κ2) is 6.76. The van der Waals surface area contributed by atoms with Gasteiger partial charge in [-0.15, -0.1) is 0 Å². The highest BCUT2D eigenvalue weighted by molar-refractivity contribution is 5.99. The van der Waals surface area contributed by atoms with E-state index in [0.29, 0.717) is 24.2 Å². The third-order valence-corrected chi connectivity index (χ3v) is 2.44. The van der Waals surface area contributed by atoms with Gasteiger partial charge in [-0.1, -0.05) is 6.07 Å². The number of amides is 2. The van der Waals surface area contributed by atoms with E-state index in [4.69, 9.17) is 5.73 Å². The smallest absolute Gasteiger partial charge is 0.253 e. The molecule has 0 saturated heterocycles. The monoisotopic (exact) mass is 249 g/mol. The van der Waals surface area contributed by atoms with Crippen molar-refractivity contribution in [3.8, 4) is 0 Å². The lowest BCUT2D eigenvalue weighted by molar-refractivity contribution is 0.0827. The average molecular weight is 249 g/mol. The summed E-state index contributed by atoms with van der Waals surface area (Å²) in [6, 6.07) is 6.68. The number of nitrogens with two attached hydrogens (primary N) is 1. The molecule has 5 nitrogen and oxygen atoms in total. The molecule has 0 heterocycles. The van der Waals surface area contributed by atoms with Gasteiger partial charge in [-0.05, 0) is 31.2 Å². The van der Waals surface area contributed by atoms with E-state index in [0.717, 1.165) is 6.42 Å². The van der Waals surface area contributed by atoms with Crippen LogP contribution in [0.4, 0.5) is 0 Å². The van der Waals surface area contributed by atoms with Crippen LogP contribution < -0.4 is 11.1 Å². The number of benzene rings is 1. The first-order chi connectivity index (χ1) is 8.56. The lowest BCUT2D eigenvalue weighted by Crippen LogP contribution is -2.27. The Morgan fingerprint density at radius 1 is 1.28 bits per heavy atom. The molecule has 1 aromatic carbocycles. The molecule has 2 amide bonds. The van der Waals surface area contributed by atoms with E-state index in [9.17, 15) is 9.59 Å². The number of rotatable bonds is 5. The fourth-order valence-corrected chi connectivity index (χ4v) is 1.46. The summed E-state index contributed by atoms with van der Waals surface area (Å²) in [7, 11) is 3.35. The van der Waals surface area contributed by atoms with Crippen molar-refractivity contribution in [1.29, 1.82) is 0 Å². The van der Waals surface area contributed by atoms with E-state index < -0.39 is 0 Å². The van der Waals surface area contributed by atoms with Crippen LogP contribution in [0.2, 0.25) is 0 Å². The van der Waals surface area contributed by atoms with Crippen LogP contribution in [0, 0.1) is 0 Å². The summed E-state index contributed by atoms with van der Waals surface area (Å²) in [4.78, 5) is 25.0. The minimum absolute atomic E-state index is 0.119. The van der Waals surface area contributed by atoms with Crippen LogP contribution in [0.25, 0.3) is 0 Å². The zero-order chi connectivity index (χ0) is 13.5. The van der Waals surface area contributed by atoms with Crippen LogP contribution in [0.3, 0.4) is 0 Å². The lowest BCUT2D eigenvalue weighted by atomic mass is 10.1. The average Bonchev–Trinajstić information content (AvgIpc) is 2.38. The maximum absolute atomic E-state index is 11.8. The van der Waals surface area contributed by atoms with E-state index >= 15 is 0 Å². The molecule has 3 N–H and O–H groups in total. The number of nitrogens with one attached hydrogen (secondary N) is 1. The Labute approximate surface area is 107 Å². The molecule has 98 valence electrons. The van der Waals surface area contributed by atoms with Gasteiger partial charge in [0.1, 0.15) is 0 Å². The van der Waals surface area contributed by atoms with Crippen molar-refractivity contribution >= 4 is 11.8 Å². The number of carbonyl (C=O) groups is 2. The second-order valence-electron chi connectivity index (χ2n) is 4.18. The van der Waals surface area contributed by atoms with Crippen molar-refractivity contribution in [2.24, 2.45) is 5.73 Å². The highest BCUT2D eigenvalue weighted by Crippen LogP contribution is 2.07. The number of nitrogens with zero attached hydrogens (tertiary/aromatic N) is 1. The summed E-state index contributed by atoms with van der Waals surface area (Å²) in [5, 5.41) is 2.75. The molecule has 0 fully saturated rings. The third-order valence-electron chi connectivity index (χ3n) is 2.44. The van der Waals surface area contributed by atoms with Gasteiger partial charge in [0.25, 0.3) is 11.8 Å². The van der Waals surface area contributed by atoms with Gasteiger partial charge in [0.05, 0.1) is 0 Å². The quantitative estimate of drug-likeness (QED) is 0.745. The maximum Gasteiger partial charge on any atom is 0.253 e. The molecular formula is C13H19N3O2. The topological polar surface area (TPSA) is 75.4 Å². The van der Waals surface area contributed by atoms with Crippen LogP contribution >= 0.6 is 0 Å². The van der Waals surface area contributed by atoms with Crippen molar-refractivity contribution in [1.82, 2.24) is 10.2 Å². The summed E-state index contributed by atoms with van der Waals surface area (Å²) < 4.78 is 0. The van der Waals surface area contributed by atoms with Gasteiger partial charge in [-0.25, -0.2) is 0 Å². The first-order valence-electron chi connectivity index (χ1n) is 5.86. The van der Waals surface area contributed by atoms with Crippen LogP contribution in [-0.4, -0.2) is 43.9 Å².